The summed E-state index contributed by atoms with van der Waals surface area (Å²) in [6, 6.07) is 7.60. The molecule has 1 aromatic heterocycles. The van der Waals surface area contributed by atoms with E-state index < -0.39 is 12.5 Å². The topological polar surface area (TPSA) is 64.6 Å². The average molecular weight is 355 g/mol. The van der Waals surface area contributed by atoms with Gasteiger partial charge in [-0.3, -0.25) is 9.59 Å². The number of nitrogens with one attached hydrogen (secondary N) is 1. The van der Waals surface area contributed by atoms with Crippen molar-refractivity contribution in [2.24, 2.45) is 0 Å². The Balaban J connectivity index is 1.94. The number of anilines is 1. The fraction of sp³-hybridized carbons (Fsp3) is 0.250. The third-order valence-corrected chi connectivity index (χ3v) is 3.95. The number of methoxy groups -OCH3 is 1. The SMILES string of the molecule is COc1ccc(NC(=O)CCC(=O)c2cccs2)cc1OC(F)F. The van der Waals surface area contributed by atoms with E-state index in [1.807, 2.05) is 0 Å². The minimum atomic E-state index is -3.01. The van der Waals surface area contributed by atoms with Gasteiger partial charge in [-0.2, -0.15) is 8.78 Å². The Morgan fingerprint density at radius 1 is 1.21 bits per heavy atom. The molecule has 8 heteroatoms. The first-order valence-electron chi connectivity index (χ1n) is 6.99. The van der Waals surface area contributed by atoms with E-state index >= 15 is 0 Å². The second-order valence-corrected chi connectivity index (χ2v) is 5.64. The van der Waals surface area contributed by atoms with E-state index in [1.54, 1.807) is 17.5 Å². The summed E-state index contributed by atoms with van der Waals surface area (Å²) in [4.78, 5) is 24.3. The molecule has 2 aromatic rings. The van der Waals surface area contributed by atoms with Crippen LogP contribution in [-0.2, 0) is 4.79 Å². The molecule has 0 radical (unpaired) electrons. The molecule has 1 heterocycles. The van der Waals surface area contributed by atoms with E-state index in [4.69, 9.17) is 4.74 Å². The van der Waals surface area contributed by atoms with E-state index in [0.717, 1.165) is 0 Å². The molecule has 0 aliphatic heterocycles. The van der Waals surface area contributed by atoms with Gasteiger partial charge in [0.15, 0.2) is 17.3 Å². The molecule has 0 spiro atoms. The quantitative estimate of drug-likeness (QED) is 0.728. The van der Waals surface area contributed by atoms with Crippen molar-refractivity contribution in [1.29, 1.82) is 0 Å². The van der Waals surface area contributed by atoms with Crippen LogP contribution in [-0.4, -0.2) is 25.4 Å². The number of ether oxygens (including phenoxy) is 2. The minimum Gasteiger partial charge on any atom is -0.493 e. The highest BCUT2D eigenvalue weighted by molar-refractivity contribution is 7.12. The summed E-state index contributed by atoms with van der Waals surface area (Å²) in [6.45, 7) is -3.01. The van der Waals surface area contributed by atoms with Gasteiger partial charge in [-0.1, -0.05) is 6.07 Å². The number of amides is 1. The summed E-state index contributed by atoms with van der Waals surface area (Å²) < 4.78 is 34.0. The van der Waals surface area contributed by atoms with Crippen LogP contribution in [0.2, 0.25) is 0 Å². The number of rotatable bonds is 8. The van der Waals surface area contributed by atoms with Gasteiger partial charge in [0, 0.05) is 24.6 Å². The van der Waals surface area contributed by atoms with E-state index in [2.05, 4.69) is 10.1 Å². The Labute approximate surface area is 141 Å². The molecule has 0 saturated heterocycles. The number of carbonyl (C=O) groups excluding carboxylic acids is 2. The van der Waals surface area contributed by atoms with Crippen molar-refractivity contribution in [2.45, 2.75) is 19.5 Å². The molecule has 24 heavy (non-hydrogen) atoms. The molecule has 5 nitrogen and oxygen atoms in total. The van der Waals surface area contributed by atoms with Gasteiger partial charge in [-0.05, 0) is 23.6 Å². The van der Waals surface area contributed by atoms with Crippen molar-refractivity contribution < 1.29 is 27.8 Å². The highest BCUT2D eigenvalue weighted by Crippen LogP contribution is 2.31. The maximum absolute atomic E-state index is 12.4. The van der Waals surface area contributed by atoms with Crippen molar-refractivity contribution in [2.75, 3.05) is 12.4 Å². The second-order valence-electron chi connectivity index (χ2n) is 4.69. The number of Topliss-reactive ketones (excluding diaryl/α,β-unsaturated/α-hetero) is 1. The minimum absolute atomic E-state index is 0.00615. The van der Waals surface area contributed by atoms with Crippen molar-refractivity contribution >= 4 is 28.7 Å². The summed E-state index contributed by atoms with van der Waals surface area (Å²) in [7, 11) is 1.32. The summed E-state index contributed by atoms with van der Waals surface area (Å²) >= 11 is 1.32. The number of hydrogen-bond donors (Lipinski definition) is 1. The number of thiophene rings is 1. The van der Waals surface area contributed by atoms with Gasteiger partial charge in [0.05, 0.1) is 12.0 Å². The summed E-state index contributed by atoms with van der Waals surface area (Å²) in [5, 5.41) is 4.33. The third-order valence-electron chi connectivity index (χ3n) is 3.04. The van der Waals surface area contributed by atoms with Crippen LogP contribution < -0.4 is 14.8 Å². The zero-order valence-electron chi connectivity index (χ0n) is 12.8. The van der Waals surface area contributed by atoms with E-state index in [-0.39, 0.29) is 35.8 Å². The predicted molar refractivity (Wildman–Crippen MR) is 86.1 cm³/mol. The number of carbonyl (C=O) groups is 2. The van der Waals surface area contributed by atoms with Crippen molar-refractivity contribution in [3.05, 3.63) is 40.6 Å². The Bertz CT molecular complexity index is 704. The van der Waals surface area contributed by atoms with Gasteiger partial charge in [-0.25, -0.2) is 0 Å². The number of ketones is 1. The number of hydrogen-bond acceptors (Lipinski definition) is 5. The molecule has 0 unspecified atom stereocenters. The molecule has 0 fully saturated rings. The second kappa shape index (κ2) is 8.39. The number of halogens is 2. The van der Waals surface area contributed by atoms with Crippen LogP contribution in [0.1, 0.15) is 22.5 Å². The standard InChI is InChI=1S/C16H15F2NO4S/c1-22-12-6-4-10(9-13(12)23-16(17)18)19-15(21)7-5-11(20)14-3-2-8-24-14/h2-4,6,8-9,16H,5,7H2,1H3,(H,19,21). The molecule has 1 aromatic carbocycles. The molecular formula is C16H15F2NO4S. The molecule has 128 valence electrons. The molecule has 0 saturated carbocycles. The average Bonchev–Trinajstić information content (AvgIpc) is 3.07. The van der Waals surface area contributed by atoms with Crippen LogP contribution >= 0.6 is 11.3 Å². The zero-order valence-corrected chi connectivity index (χ0v) is 13.6. The fourth-order valence-corrected chi connectivity index (χ4v) is 2.65. The van der Waals surface area contributed by atoms with Gasteiger partial charge >= 0.3 is 6.61 Å². The lowest BCUT2D eigenvalue weighted by molar-refractivity contribution is -0.116. The largest absolute Gasteiger partial charge is 0.493 e. The smallest absolute Gasteiger partial charge is 0.387 e. The van der Waals surface area contributed by atoms with E-state index in [0.29, 0.717) is 4.88 Å². The Hall–Kier alpha value is -2.48. The lowest BCUT2D eigenvalue weighted by atomic mass is 10.2. The molecule has 0 aliphatic carbocycles. The van der Waals surface area contributed by atoms with Crippen LogP contribution in [0.15, 0.2) is 35.7 Å². The molecule has 0 aliphatic rings. The van der Waals surface area contributed by atoms with Crippen molar-refractivity contribution in [3.8, 4) is 11.5 Å². The summed E-state index contributed by atoms with van der Waals surface area (Å²) in [6.07, 6.45) is 0.0662. The number of benzene rings is 1. The Kier molecular flexibility index (Phi) is 6.25. The highest BCUT2D eigenvalue weighted by atomic mass is 32.1. The Morgan fingerprint density at radius 3 is 2.62 bits per heavy atom. The van der Waals surface area contributed by atoms with Crippen LogP contribution in [0.4, 0.5) is 14.5 Å². The monoisotopic (exact) mass is 355 g/mol. The molecule has 2 rings (SSSR count). The first-order chi connectivity index (χ1) is 11.5. The summed E-state index contributed by atoms with van der Waals surface area (Å²) in [5.74, 6) is -0.564. The van der Waals surface area contributed by atoms with Gasteiger partial charge in [0.1, 0.15) is 0 Å². The fourth-order valence-electron chi connectivity index (χ4n) is 1.95. The van der Waals surface area contributed by atoms with Gasteiger partial charge in [-0.15, -0.1) is 11.3 Å². The molecule has 1 amide bonds. The first-order valence-corrected chi connectivity index (χ1v) is 7.87. The normalized spacial score (nSPS) is 10.5. The lowest BCUT2D eigenvalue weighted by Crippen LogP contribution is -2.13. The van der Waals surface area contributed by atoms with E-state index in [9.17, 15) is 18.4 Å². The molecule has 0 bridgehead atoms. The maximum Gasteiger partial charge on any atom is 0.387 e. The molecule has 0 atom stereocenters. The van der Waals surface area contributed by atoms with Gasteiger partial charge in [0.2, 0.25) is 5.91 Å². The van der Waals surface area contributed by atoms with Crippen molar-refractivity contribution in [1.82, 2.24) is 0 Å². The van der Waals surface area contributed by atoms with Gasteiger partial charge < -0.3 is 14.8 Å². The zero-order chi connectivity index (χ0) is 17.5. The molecular weight excluding hydrogens is 340 g/mol. The van der Waals surface area contributed by atoms with Crippen LogP contribution in [0, 0.1) is 0 Å². The first kappa shape index (κ1) is 17.9. The highest BCUT2D eigenvalue weighted by Gasteiger charge is 2.14. The van der Waals surface area contributed by atoms with Crippen LogP contribution in [0.3, 0.4) is 0 Å². The maximum atomic E-state index is 12.4. The van der Waals surface area contributed by atoms with E-state index in [1.165, 1.54) is 36.6 Å². The van der Waals surface area contributed by atoms with Crippen molar-refractivity contribution in [3.63, 3.8) is 0 Å². The van der Waals surface area contributed by atoms with Crippen LogP contribution in [0.5, 0.6) is 11.5 Å². The molecule has 1 N–H and O–H groups in total. The number of alkyl halides is 2. The van der Waals surface area contributed by atoms with Crippen LogP contribution in [0.25, 0.3) is 0 Å². The van der Waals surface area contributed by atoms with Gasteiger partial charge in [0.25, 0.3) is 0 Å². The third kappa shape index (κ3) is 5.02. The Morgan fingerprint density at radius 2 is 2.00 bits per heavy atom. The predicted octanol–water partition coefficient (Wildman–Crippen LogP) is 3.96. The summed E-state index contributed by atoms with van der Waals surface area (Å²) in [5.41, 5.74) is 0.278. The lowest BCUT2D eigenvalue weighted by Gasteiger charge is -2.12.